The van der Waals surface area contributed by atoms with Crippen LogP contribution < -0.4 is 20.5 Å². The van der Waals surface area contributed by atoms with Gasteiger partial charge >= 0.3 is 6.92 Å². The van der Waals surface area contributed by atoms with Crippen LogP contribution in [0.3, 0.4) is 0 Å². The molecule has 0 aliphatic carbocycles. The fourth-order valence-corrected chi connectivity index (χ4v) is 10.2. The topological polar surface area (TPSA) is 17.4 Å². The van der Waals surface area contributed by atoms with Gasteiger partial charge in [0.15, 0.2) is 0 Å². The maximum Gasteiger partial charge on any atom is 0.432 e. The summed E-state index contributed by atoms with van der Waals surface area (Å²) in [7, 11) is 0. The van der Waals surface area contributed by atoms with Crippen molar-refractivity contribution in [2.24, 2.45) is 0 Å². The molecule has 11 aromatic rings. The third kappa shape index (κ3) is 5.27. The van der Waals surface area contributed by atoms with Crippen molar-refractivity contribution in [2.75, 3.05) is 4.90 Å². The molecule has 0 unspecified atom stereocenters. The number of hydrogen-bond acceptors (Lipinski definition) is 2. The van der Waals surface area contributed by atoms with Crippen molar-refractivity contribution >= 4 is 67.5 Å². The molecule has 0 saturated heterocycles. The number of benzene rings is 10. The van der Waals surface area contributed by atoms with Gasteiger partial charge in [0.2, 0.25) is 0 Å². The molecule has 0 fully saturated rings. The molecular formula is C58H37BN2O. The van der Waals surface area contributed by atoms with Gasteiger partial charge in [0.1, 0.15) is 5.75 Å². The molecule has 3 nitrogen and oxygen atoms in total. The molecule has 62 heavy (non-hydrogen) atoms. The molecule has 0 spiro atoms. The standard InChI is InChI=1S/C58H37BN2O/c1-5-17-38(18-6-1)42-30-31-50-49(36-42)55-52(60(50)45-24-11-4-12-25-45)37-53-58-56(55)48-27-15-16-28-54(48)62-59(58)57-47-26-14-13-23-41(47)29-32-51(57)61(53)46-34-43(39-19-7-2-8-20-39)33-44(35-46)40-21-9-3-10-22-40/h1-37H. The highest BCUT2D eigenvalue weighted by Gasteiger charge is 2.45. The fraction of sp³-hybridized carbons (Fsp3) is 0. The molecule has 4 heteroatoms. The van der Waals surface area contributed by atoms with Crippen LogP contribution in [-0.4, -0.2) is 11.5 Å². The lowest BCUT2D eigenvalue weighted by molar-refractivity contribution is 0.590. The first-order valence-electron chi connectivity index (χ1n) is 21.4. The number of anilines is 3. The van der Waals surface area contributed by atoms with E-state index in [0.717, 1.165) is 56.2 Å². The van der Waals surface area contributed by atoms with Crippen molar-refractivity contribution in [1.29, 1.82) is 0 Å². The monoisotopic (exact) mass is 788 g/mol. The van der Waals surface area contributed by atoms with Crippen LogP contribution in [0, 0.1) is 0 Å². The Kier molecular flexibility index (Phi) is 7.70. The van der Waals surface area contributed by atoms with E-state index in [-0.39, 0.29) is 6.92 Å². The molecule has 2 aliphatic heterocycles. The Morgan fingerprint density at radius 3 is 1.69 bits per heavy atom. The summed E-state index contributed by atoms with van der Waals surface area (Å²) in [6, 6.07) is 81.6. The number of aromatic nitrogens is 1. The zero-order valence-electron chi connectivity index (χ0n) is 33.7. The normalized spacial score (nSPS) is 12.6. The van der Waals surface area contributed by atoms with Gasteiger partial charge in [-0.25, -0.2) is 0 Å². The van der Waals surface area contributed by atoms with E-state index >= 15 is 0 Å². The van der Waals surface area contributed by atoms with Crippen LogP contribution in [0.25, 0.3) is 82.8 Å². The van der Waals surface area contributed by atoms with E-state index < -0.39 is 0 Å². The maximum absolute atomic E-state index is 7.36. The Morgan fingerprint density at radius 2 is 0.984 bits per heavy atom. The first-order valence-corrected chi connectivity index (χ1v) is 21.4. The molecule has 0 saturated carbocycles. The molecule has 1 aromatic heterocycles. The van der Waals surface area contributed by atoms with E-state index in [1.807, 2.05) is 0 Å². The van der Waals surface area contributed by atoms with Gasteiger partial charge in [0.25, 0.3) is 0 Å². The summed E-state index contributed by atoms with van der Waals surface area (Å²) in [6.07, 6.45) is 0. The predicted molar refractivity (Wildman–Crippen MR) is 260 cm³/mol. The van der Waals surface area contributed by atoms with Gasteiger partial charge in [-0.1, -0.05) is 164 Å². The van der Waals surface area contributed by atoms with Crippen molar-refractivity contribution < 1.29 is 4.65 Å². The smallest absolute Gasteiger partial charge is 0.432 e. The van der Waals surface area contributed by atoms with Gasteiger partial charge in [-0.2, -0.15) is 0 Å². The van der Waals surface area contributed by atoms with E-state index in [4.69, 9.17) is 4.65 Å². The second-order valence-electron chi connectivity index (χ2n) is 16.4. The molecule has 288 valence electrons. The molecule has 0 N–H and O–H groups in total. The van der Waals surface area contributed by atoms with Crippen molar-refractivity contribution in [3.05, 3.63) is 224 Å². The molecule has 13 rings (SSSR count). The van der Waals surface area contributed by atoms with Crippen LogP contribution >= 0.6 is 0 Å². The van der Waals surface area contributed by atoms with Crippen LogP contribution in [0.1, 0.15) is 0 Å². The summed E-state index contributed by atoms with van der Waals surface area (Å²) in [6.45, 7) is -0.352. The van der Waals surface area contributed by atoms with Gasteiger partial charge in [-0.15, -0.1) is 0 Å². The quantitative estimate of drug-likeness (QED) is 0.162. The molecule has 0 atom stereocenters. The number of fused-ring (bicyclic) bond motifs is 10. The van der Waals surface area contributed by atoms with Crippen molar-refractivity contribution in [1.82, 2.24) is 4.57 Å². The summed E-state index contributed by atoms with van der Waals surface area (Å²) in [5.41, 5.74) is 18.5. The van der Waals surface area contributed by atoms with Crippen LogP contribution in [0.4, 0.5) is 17.1 Å². The van der Waals surface area contributed by atoms with Gasteiger partial charge < -0.3 is 14.1 Å². The number of para-hydroxylation sites is 2. The Hall–Kier alpha value is -8.08. The van der Waals surface area contributed by atoms with Gasteiger partial charge in [0.05, 0.1) is 11.0 Å². The summed E-state index contributed by atoms with van der Waals surface area (Å²) < 4.78 is 9.82. The Morgan fingerprint density at radius 1 is 0.371 bits per heavy atom. The molecule has 0 amide bonds. The minimum absolute atomic E-state index is 0.352. The molecule has 3 heterocycles. The zero-order valence-corrected chi connectivity index (χ0v) is 33.7. The second-order valence-corrected chi connectivity index (χ2v) is 16.4. The molecule has 2 aliphatic rings. The number of hydrogen-bond donors (Lipinski definition) is 0. The Bertz CT molecular complexity index is 3490. The highest BCUT2D eigenvalue weighted by molar-refractivity contribution is 6.88. The average Bonchev–Trinajstić information content (AvgIpc) is 3.68. The molecule has 0 bridgehead atoms. The Labute approximate surface area is 360 Å². The van der Waals surface area contributed by atoms with Gasteiger partial charge in [-0.3, -0.25) is 0 Å². The molecule has 10 aromatic carbocycles. The molecule has 0 radical (unpaired) electrons. The third-order valence-corrected chi connectivity index (χ3v) is 12.9. The summed E-state index contributed by atoms with van der Waals surface area (Å²) >= 11 is 0. The van der Waals surface area contributed by atoms with Gasteiger partial charge in [0, 0.05) is 50.0 Å². The number of nitrogens with zero attached hydrogens (tertiary/aromatic N) is 2. The number of rotatable bonds is 5. The minimum atomic E-state index is -0.352. The van der Waals surface area contributed by atoms with Crippen LogP contribution in [-0.2, 0) is 0 Å². The minimum Gasteiger partial charge on any atom is -0.551 e. The van der Waals surface area contributed by atoms with Crippen LogP contribution in [0.5, 0.6) is 5.75 Å². The first-order chi connectivity index (χ1) is 30.8. The van der Waals surface area contributed by atoms with E-state index in [1.54, 1.807) is 0 Å². The summed E-state index contributed by atoms with van der Waals surface area (Å²) in [5, 5.41) is 4.83. The Balaban J connectivity index is 1.21. The second kappa shape index (κ2) is 13.7. The van der Waals surface area contributed by atoms with E-state index in [0.29, 0.717) is 0 Å². The van der Waals surface area contributed by atoms with Crippen molar-refractivity contribution in [2.45, 2.75) is 0 Å². The lowest BCUT2D eigenvalue weighted by Crippen LogP contribution is -2.56. The van der Waals surface area contributed by atoms with Crippen LogP contribution in [0.2, 0.25) is 0 Å². The highest BCUT2D eigenvalue weighted by Crippen LogP contribution is 2.50. The molecular weight excluding hydrogens is 751 g/mol. The van der Waals surface area contributed by atoms with Crippen molar-refractivity contribution in [3.63, 3.8) is 0 Å². The van der Waals surface area contributed by atoms with E-state index in [2.05, 4.69) is 234 Å². The SMILES string of the molecule is c1ccc(-c2cc(-c3ccccc3)cc(N3c4cc5c(c6c4B(Oc4ccccc4-6)c4c3ccc3ccccc43)c3cc(-c4ccccc4)ccc3n5-c3ccccc3)c2)cc1. The summed E-state index contributed by atoms with van der Waals surface area (Å²) in [4.78, 5) is 2.52. The first kappa shape index (κ1) is 34.8. The average molecular weight is 789 g/mol. The predicted octanol–water partition coefficient (Wildman–Crippen LogP) is 13.9. The van der Waals surface area contributed by atoms with E-state index in [1.165, 1.54) is 60.3 Å². The maximum atomic E-state index is 7.36. The highest BCUT2D eigenvalue weighted by atomic mass is 16.4. The lowest BCUT2D eigenvalue weighted by atomic mass is 9.48. The zero-order chi connectivity index (χ0) is 40.7. The van der Waals surface area contributed by atoms with Crippen LogP contribution in [0.15, 0.2) is 224 Å². The lowest BCUT2D eigenvalue weighted by Gasteiger charge is -2.40. The largest absolute Gasteiger partial charge is 0.551 e. The van der Waals surface area contributed by atoms with Gasteiger partial charge in [-0.05, 0) is 110 Å². The fourth-order valence-electron chi connectivity index (χ4n) is 10.2. The summed E-state index contributed by atoms with van der Waals surface area (Å²) in [5.74, 6) is 0.896. The van der Waals surface area contributed by atoms with Crippen molar-refractivity contribution in [3.8, 4) is 55.9 Å². The van der Waals surface area contributed by atoms with E-state index in [9.17, 15) is 0 Å². The third-order valence-electron chi connectivity index (χ3n) is 12.9.